The molecule has 2 aliphatic carbocycles. The molecule has 2 saturated carbocycles. The van der Waals surface area contributed by atoms with Gasteiger partial charge in [0.15, 0.2) is 0 Å². The molecule has 2 aromatic rings. The Morgan fingerprint density at radius 1 is 1.12 bits per heavy atom. The second kappa shape index (κ2) is 6.25. The van der Waals surface area contributed by atoms with E-state index in [9.17, 15) is 8.42 Å². The van der Waals surface area contributed by atoms with Gasteiger partial charge in [-0.05, 0) is 62.8 Å². The van der Waals surface area contributed by atoms with Crippen LogP contribution in [-0.2, 0) is 16.6 Å². The number of nitrogens with one attached hydrogen (secondary N) is 1. The maximum absolute atomic E-state index is 12.6. The SMILES string of the molecule is Cc1ccc(C)c(S(=O)(=O)NCCn2nc(C3CC3)cc2C2CC2)c1. The lowest BCUT2D eigenvalue weighted by molar-refractivity contribution is 0.548. The number of aryl methyl sites for hydroxylation is 2. The average Bonchev–Trinajstić information content (AvgIpc) is 3.48. The Morgan fingerprint density at radius 3 is 2.52 bits per heavy atom. The highest BCUT2D eigenvalue weighted by Crippen LogP contribution is 2.44. The summed E-state index contributed by atoms with van der Waals surface area (Å²) < 4.78 is 30.0. The monoisotopic (exact) mass is 359 g/mol. The van der Waals surface area contributed by atoms with E-state index in [0.717, 1.165) is 11.1 Å². The van der Waals surface area contributed by atoms with Gasteiger partial charge in [0.05, 0.1) is 17.1 Å². The predicted octanol–water partition coefficient (Wildman–Crippen LogP) is 3.23. The molecule has 0 spiro atoms. The Bertz CT molecular complexity index is 893. The van der Waals surface area contributed by atoms with Crippen LogP contribution < -0.4 is 4.72 Å². The molecule has 0 atom stereocenters. The third-order valence-corrected chi connectivity index (χ3v) is 6.67. The van der Waals surface area contributed by atoms with E-state index in [1.165, 1.54) is 37.1 Å². The number of hydrogen-bond donors (Lipinski definition) is 1. The summed E-state index contributed by atoms with van der Waals surface area (Å²) >= 11 is 0. The van der Waals surface area contributed by atoms with Gasteiger partial charge in [-0.1, -0.05) is 12.1 Å². The molecule has 1 heterocycles. The topological polar surface area (TPSA) is 64.0 Å². The smallest absolute Gasteiger partial charge is 0.240 e. The zero-order valence-corrected chi connectivity index (χ0v) is 15.6. The minimum absolute atomic E-state index is 0.362. The van der Waals surface area contributed by atoms with E-state index in [1.807, 2.05) is 30.7 Å². The first kappa shape index (κ1) is 16.8. The fourth-order valence-corrected chi connectivity index (χ4v) is 4.63. The highest BCUT2D eigenvalue weighted by molar-refractivity contribution is 7.89. The molecule has 25 heavy (non-hydrogen) atoms. The van der Waals surface area contributed by atoms with Crippen molar-refractivity contribution in [2.24, 2.45) is 0 Å². The number of nitrogens with zero attached hydrogens (tertiary/aromatic N) is 2. The molecule has 2 aliphatic rings. The molecule has 0 radical (unpaired) electrons. The van der Waals surface area contributed by atoms with Gasteiger partial charge >= 0.3 is 0 Å². The fraction of sp³-hybridized carbons (Fsp3) is 0.526. The zero-order chi connectivity index (χ0) is 17.6. The van der Waals surface area contributed by atoms with Crippen LogP contribution >= 0.6 is 0 Å². The predicted molar refractivity (Wildman–Crippen MR) is 97.3 cm³/mol. The zero-order valence-electron chi connectivity index (χ0n) is 14.8. The molecule has 4 rings (SSSR count). The lowest BCUT2D eigenvalue weighted by Gasteiger charge is -2.11. The summed E-state index contributed by atoms with van der Waals surface area (Å²) in [5, 5.41) is 4.74. The molecule has 0 amide bonds. The molecule has 1 N–H and O–H groups in total. The van der Waals surface area contributed by atoms with Crippen LogP contribution in [-0.4, -0.2) is 24.7 Å². The second-order valence-electron chi connectivity index (χ2n) is 7.43. The minimum Gasteiger partial charge on any atom is -0.268 e. The minimum atomic E-state index is -3.49. The molecule has 0 unspecified atom stereocenters. The van der Waals surface area contributed by atoms with E-state index in [0.29, 0.717) is 29.8 Å². The largest absolute Gasteiger partial charge is 0.268 e. The third-order valence-electron chi connectivity index (χ3n) is 5.07. The first-order valence-electron chi connectivity index (χ1n) is 9.08. The Morgan fingerprint density at radius 2 is 1.84 bits per heavy atom. The first-order valence-corrected chi connectivity index (χ1v) is 10.6. The van der Waals surface area contributed by atoms with Gasteiger partial charge < -0.3 is 0 Å². The molecule has 1 aromatic carbocycles. The lowest BCUT2D eigenvalue weighted by Crippen LogP contribution is -2.28. The number of aromatic nitrogens is 2. The van der Waals surface area contributed by atoms with Gasteiger partial charge in [-0.25, -0.2) is 13.1 Å². The van der Waals surface area contributed by atoms with Crippen LogP contribution in [0.25, 0.3) is 0 Å². The summed E-state index contributed by atoms with van der Waals surface area (Å²) in [5.41, 5.74) is 4.20. The highest BCUT2D eigenvalue weighted by atomic mass is 32.2. The van der Waals surface area contributed by atoms with Gasteiger partial charge in [-0.15, -0.1) is 0 Å². The van der Waals surface area contributed by atoms with Crippen molar-refractivity contribution in [3.8, 4) is 0 Å². The Labute approximate surface area is 149 Å². The van der Waals surface area contributed by atoms with Crippen molar-refractivity contribution in [1.82, 2.24) is 14.5 Å². The number of benzene rings is 1. The van der Waals surface area contributed by atoms with Crippen molar-refractivity contribution in [3.63, 3.8) is 0 Å². The summed E-state index contributed by atoms with van der Waals surface area (Å²) in [5.74, 6) is 1.25. The molecule has 5 nitrogen and oxygen atoms in total. The molecule has 2 fully saturated rings. The molecule has 0 aliphatic heterocycles. The van der Waals surface area contributed by atoms with Crippen LogP contribution in [0.3, 0.4) is 0 Å². The van der Waals surface area contributed by atoms with Crippen LogP contribution in [0, 0.1) is 13.8 Å². The second-order valence-corrected chi connectivity index (χ2v) is 9.17. The number of hydrogen-bond acceptors (Lipinski definition) is 3. The van der Waals surface area contributed by atoms with Gasteiger partial charge in [0.25, 0.3) is 0 Å². The van der Waals surface area contributed by atoms with E-state index in [-0.39, 0.29) is 0 Å². The summed E-state index contributed by atoms with van der Waals surface area (Å²) in [6.07, 6.45) is 4.93. The molecular formula is C19H25N3O2S. The Kier molecular flexibility index (Phi) is 4.20. The van der Waals surface area contributed by atoms with Crippen molar-refractivity contribution in [3.05, 3.63) is 46.8 Å². The van der Waals surface area contributed by atoms with E-state index < -0.39 is 10.0 Å². The molecule has 0 bridgehead atoms. The quantitative estimate of drug-likeness (QED) is 0.825. The van der Waals surface area contributed by atoms with Gasteiger partial charge in [-0.2, -0.15) is 5.10 Å². The van der Waals surface area contributed by atoms with Gasteiger partial charge in [0.1, 0.15) is 0 Å². The average molecular weight is 359 g/mol. The summed E-state index contributed by atoms with van der Waals surface area (Å²) in [7, 11) is -3.49. The molecular weight excluding hydrogens is 334 g/mol. The normalized spacial score (nSPS) is 17.8. The fourth-order valence-electron chi connectivity index (χ4n) is 3.28. The highest BCUT2D eigenvalue weighted by Gasteiger charge is 2.32. The molecule has 134 valence electrons. The Balaban J connectivity index is 1.46. The van der Waals surface area contributed by atoms with Crippen LogP contribution in [0.1, 0.15) is 60.0 Å². The molecule has 6 heteroatoms. The number of rotatable bonds is 7. The van der Waals surface area contributed by atoms with Gasteiger partial charge in [0, 0.05) is 24.1 Å². The standard InChI is InChI=1S/C19H25N3O2S/c1-13-3-4-14(2)19(11-13)25(23,24)20-9-10-22-18(16-7-8-16)12-17(21-22)15-5-6-15/h3-4,11-12,15-16,20H,5-10H2,1-2H3. The maximum atomic E-state index is 12.6. The van der Waals surface area contributed by atoms with E-state index in [1.54, 1.807) is 6.07 Å². The third kappa shape index (κ3) is 3.65. The van der Waals surface area contributed by atoms with Crippen LogP contribution in [0.4, 0.5) is 0 Å². The van der Waals surface area contributed by atoms with Crippen molar-refractivity contribution >= 4 is 10.0 Å². The van der Waals surface area contributed by atoms with E-state index >= 15 is 0 Å². The van der Waals surface area contributed by atoms with Gasteiger partial charge in [-0.3, -0.25) is 4.68 Å². The van der Waals surface area contributed by atoms with E-state index in [2.05, 4.69) is 10.8 Å². The Hall–Kier alpha value is -1.66. The molecule has 0 saturated heterocycles. The summed E-state index contributed by atoms with van der Waals surface area (Å²) in [6.45, 7) is 4.68. The first-order chi connectivity index (χ1) is 11.9. The summed E-state index contributed by atoms with van der Waals surface area (Å²) in [4.78, 5) is 0.369. The number of sulfonamides is 1. The molecule has 1 aromatic heterocycles. The van der Waals surface area contributed by atoms with Crippen molar-refractivity contribution < 1.29 is 8.42 Å². The van der Waals surface area contributed by atoms with Crippen LogP contribution in [0.2, 0.25) is 0 Å². The van der Waals surface area contributed by atoms with Crippen molar-refractivity contribution in [2.45, 2.75) is 62.8 Å². The van der Waals surface area contributed by atoms with E-state index in [4.69, 9.17) is 5.10 Å². The van der Waals surface area contributed by atoms with Crippen LogP contribution in [0.15, 0.2) is 29.2 Å². The lowest BCUT2D eigenvalue weighted by atomic mass is 10.2. The van der Waals surface area contributed by atoms with Crippen molar-refractivity contribution in [1.29, 1.82) is 0 Å². The summed E-state index contributed by atoms with van der Waals surface area (Å²) in [6, 6.07) is 7.75. The van der Waals surface area contributed by atoms with Crippen LogP contribution in [0.5, 0.6) is 0 Å². The maximum Gasteiger partial charge on any atom is 0.240 e. The van der Waals surface area contributed by atoms with Gasteiger partial charge in [0.2, 0.25) is 10.0 Å². The van der Waals surface area contributed by atoms with Crippen molar-refractivity contribution in [2.75, 3.05) is 6.54 Å².